The van der Waals surface area contributed by atoms with E-state index in [0.29, 0.717) is 11.2 Å². The van der Waals surface area contributed by atoms with Gasteiger partial charge < -0.3 is 10.6 Å². The highest BCUT2D eigenvalue weighted by atomic mass is 35.5. The van der Waals surface area contributed by atoms with Crippen molar-refractivity contribution in [1.82, 2.24) is 15.3 Å². The highest BCUT2D eigenvalue weighted by molar-refractivity contribution is 6.29. The normalized spacial score (nSPS) is 21.8. The topological polar surface area (TPSA) is 49.8 Å². The summed E-state index contributed by atoms with van der Waals surface area (Å²) in [4.78, 5) is 7.88. The molecule has 0 spiro atoms. The van der Waals surface area contributed by atoms with Crippen molar-refractivity contribution in [2.45, 2.75) is 12.5 Å². The summed E-state index contributed by atoms with van der Waals surface area (Å²) >= 11 is 5.72. The maximum absolute atomic E-state index is 5.72. The molecule has 1 atom stereocenters. The number of rotatable bonds is 2. The van der Waals surface area contributed by atoms with Crippen LogP contribution in [0, 0.1) is 0 Å². The van der Waals surface area contributed by atoms with Crippen molar-refractivity contribution < 1.29 is 0 Å². The van der Waals surface area contributed by atoms with Gasteiger partial charge in [-0.15, -0.1) is 0 Å². The zero-order valence-corrected chi connectivity index (χ0v) is 7.88. The van der Waals surface area contributed by atoms with Gasteiger partial charge in [-0.25, -0.2) is 9.97 Å². The molecule has 1 saturated heterocycles. The molecule has 1 aliphatic rings. The smallest absolute Gasteiger partial charge is 0.134 e. The second-order valence-electron chi connectivity index (χ2n) is 3.06. The Labute approximate surface area is 81.7 Å². The summed E-state index contributed by atoms with van der Waals surface area (Å²) in [6, 6.07) is 2.20. The summed E-state index contributed by atoms with van der Waals surface area (Å²) in [5.41, 5.74) is 0. The van der Waals surface area contributed by atoms with Crippen LogP contribution in [0.25, 0.3) is 0 Å². The number of nitrogens with one attached hydrogen (secondary N) is 2. The van der Waals surface area contributed by atoms with E-state index in [4.69, 9.17) is 11.6 Å². The largest absolute Gasteiger partial charge is 0.366 e. The van der Waals surface area contributed by atoms with Crippen molar-refractivity contribution >= 4 is 17.4 Å². The predicted octanol–water partition coefficient (Wildman–Crippen LogP) is 0.904. The number of anilines is 1. The minimum absolute atomic E-state index is 0.464. The minimum atomic E-state index is 0.464. The summed E-state index contributed by atoms with van der Waals surface area (Å²) in [6.07, 6.45) is 2.59. The Morgan fingerprint density at radius 1 is 1.54 bits per heavy atom. The van der Waals surface area contributed by atoms with E-state index in [1.807, 2.05) is 0 Å². The van der Waals surface area contributed by atoms with Crippen LogP contribution >= 0.6 is 11.6 Å². The Morgan fingerprint density at radius 3 is 3.15 bits per heavy atom. The summed E-state index contributed by atoms with van der Waals surface area (Å²) in [5.74, 6) is 0.800. The van der Waals surface area contributed by atoms with Crippen molar-refractivity contribution in [2.75, 3.05) is 18.4 Å². The van der Waals surface area contributed by atoms with Gasteiger partial charge in [0.1, 0.15) is 17.3 Å². The summed E-state index contributed by atoms with van der Waals surface area (Å²) < 4.78 is 0. The molecule has 5 heteroatoms. The quantitative estimate of drug-likeness (QED) is 0.694. The van der Waals surface area contributed by atoms with Gasteiger partial charge >= 0.3 is 0 Å². The van der Waals surface area contributed by atoms with Crippen LogP contribution in [0.5, 0.6) is 0 Å². The van der Waals surface area contributed by atoms with Crippen molar-refractivity contribution in [3.05, 3.63) is 17.5 Å². The first kappa shape index (κ1) is 8.72. The van der Waals surface area contributed by atoms with Crippen LogP contribution in [-0.4, -0.2) is 29.1 Å². The number of hydrogen-bond acceptors (Lipinski definition) is 4. The van der Waals surface area contributed by atoms with Crippen LogP contribution < -0.4 is 10.6 Å². The molecule has 1 aliphatic heterocycles. The molecule has 70 valence electrons. The zero-order valence-electron chi connectivity index (χ0n) is 7.13. The average Bonchev–Trinajstić information content (AvgIpc) is 2.57. The standard InChI is InChI=1S/C8H11ClN4/c9-7-3-8(12-5-11-7)13-6-1-2-10-4-6/h3,5-6,10H,1-2,4H2,(H,11,12,13)/t6-/m0/s1. The monoisotopic (exact) mass is 198 g/mol. The van der Waals surface area contributed by atoms with E-state index in [9.17, 15) is 0 Å². The van der Waals surface area contributed by atoms with Crippen LogP contribution in [0.3, 0.4) is 0 Å². The molecule has 0 aromatic carbocycles. The molecule has 4 nitrogen and oxygen atoms in total. The van der Waals surface area contributed by atoms with Gasteiger partial charge in [0, 0.05) is 18.7 Å². The molecule has 0 bridgehead atoms. The third kappa shape index (κ3) is 2.29. The predicted molar refractivity (Wildman–Crippen MR) is 51.9 cm³/mol. The highest BCUT2D eigenvalue weighted by Crippen LogP contribution is 2.11. The Morgan fingerprint density at radius 2 is 2.46 bits per heavy atom. The summed E-state index contributed by atoms with van der Waals surface area (Å²) in [6.45, 7) is 2.05. The number of hydrogen-bond donors (Lipinski definition) is 2. The molecule has 0 amide bonds. The Bertz CT molecular complexity index is 285. The van der Waals surface area contributed by atoms with Gasteiger partial charge in [-0.2, -0.15) is 0 Å². The van der Waals surface area contributed by atoms with Gasteiger partial charge in [0.25, 0.3) is 0 Å². The van der Waals surface area contributed by atoms with E-state index in [1.165, 1.54) is 6.33 Å². The lowest BCUT2D eigenvalue weighted by atomic mass is 10.2. The molecule has 0 radical (unpaired) electrons. The molecule has 13 heavy (non-hydrogen) atoms. The molecule has 1 aromatic heterocycles. The van der Waals surface area contributed by atoms with E-state index >= 15 is 0 Å². The van der Waals surface area contributed by atoms with Crippen LogP contribution in [0.15, 0.2) is 12.4 Å². The molecule has 1 fully saturated rings. The maximum atomic E-state index is 5.72. The molecule has 2 rings (SSSR count). The molecular formula is C8H11ClN4. The first-order valence-corrected chi connectivity index (χ1v) is 4.67. The third-order valence-corrected chi connectivity index (χ3v) is 2.25. The molecule has 0 saturated carbocycles. The highest BCUT2D eigenvalue weighted by Gasteiger charge is 2.14. The maximum Gasteiger partial charge on any atom is 0.134 e. The van der Waals surface area contributed by atoms with Crippen LogP contribution in [0.1, 0.15) is 6.42 Å². The van der Waals surface area contributed by atoms with Crippen molar-refractivity contribution in [1.29, 1.82) is 0 Å². The number of halogens is 1. The summed E-state index contributed by atoms with van der Waals surface area (Å²) in [5, 5.41) is 7.03. The SMILES string of the molecule is Clc1cc(N[C@H]2CCNC2)ncn1. The first-order valence-electron chi connectivity index (χ1n) is 4.29. The second-order valence-corrected chi connectivity index (χ2v) is 3.45. The molecule has 2 N–H and O–H groups in total. The van der Waals surface area contributed by atoms with E-state index in [-0.39, 0.29) is 0 Å². The van der Waals surface area contributed by atoms with E-state index in [2.05, 4.69) is 20.6 Å². The fourth-order valence-corrected chi connectivity index (χ4v) is 1.55. The van der Waals surface area contributed by atoms with Crippen molar-refractivity contribution in [2.24, 2.45) is 0 Å². The van der Waals surface area contributed by atoms with Crippen molar-refractivity contribution in [3.8, 4) is 0 Å². The lowest BCUT2D eigenvalue weighted by Crippen LogP contribution is -2.22. The van der Waals surface area contributed by atoms with Crippen LogP contribution in [0.4, 0.5) is 5.82 Å². The fraction of sp³-hybridized carbons (Fsp3) is 0.500. The van der Waals surface area contributed by atoms with Gasteiger partial charge in [0.05, 0.1) is 0 Å². The number of nitrogens with zero attached hydrogens (tertiary/aromatic N) is 2. The molecular weight excluding hydrogens is 188 g/mol. The summed E-state index contributed by atoms with van der Waals surface area (Å²) in [7, 11) is 0. The van der Waals surface area contributed by atoms with E-state index < -0.39 is 0 Å². The fourth-order valence-electron chi connectivity index (χ4n) is 1.40. The first-order chi connectivity index (χ1) is 6.34. The third-order valence-electron chi connectivity index (χ3n) is 2.05. The molecule has 2 heterocycles. The van der Waals surface area contributed by atoms with Crippen LogP contribution in [0.2, 0.25) is 5.15 Å². The van der Waals surface area contributed by atoms with Crippen molar-refractivity contribution in [3.63, 3.8) is 0 Å². The Kier molecular flexibility index (Phi) is 2.61. The van der Waals surface area contributed by atoms with Gasteiger partial charge in [0.2, 0.25) is 0 Å². The number of aromatic nitrogens is 2. The average molecular weight is 199 g/mol. The Hall–Kier alpha value is -0.870. The molecule has 0 aliphatic carbocycles. The van der Waals surface area contributed by atoms with Crippen LogP contribution in [-0.2, 0) is 0 Å². The van der Waals surface area contributed by atoms with E-state index in [0.717, 1.165) is 25.3 Å². The lowest BCUT2D eigenvalue weighted by Gasteiger charge is -2.10. The Balaban J connectivity index is 2.00. The minimum Gasteiger partial charge on any atom is -0.366 e. The lowest BCUT2D eigenvalue weighted by molar-refractivity contribution is 0.787. The van der Waals surface area contributed by atoms with Gasteiger partial charge in [-0.1, -0.05) is 11.6 Å². The van der Waals surface area contributed by atoms with E-state index in [1.54, 1.807) is 6.07 Å². The second kappa shape index (κ2) is 3.89. The van der Waals surface area contributed by atoms with Gasteiger partial charge in [-0.3, -0.25) is 0 Å². The van der Waals surface area contributed by atoms with Gasteiger partial charge in [0.15, 0.2) is 0 Å². The zero-order chi connectivity index (χ0) is 9.10. The molecule has 0 unspecified atom stereocenters. The molecule has 1 aromatic rings. The van der Waals surface area contributed by atoms with Gasteiger partial charge in [-0.05, 0) is 13.0 Å².